The molecule has 0 saturated carbocycles. The molecular weight excluding hydrogens is 436 g/mol. The van der Waals surface area contributed by atoms with E-state index in [1.807, 2.05) is 49.9 Å². The zero-order chi connectivity index (χ0) is 23.4. The maximum Gasteiger partial charge on any atom is 0.242 e. The number of aryl methyl sites for hydroxylation is 1. The highest BCUT2D eigenvalue weighted by atomic mass is 32.1. The van der Waals surface area contributed by atoms with Gasteiger partial charge < -0.3 is 19.3 Å². The predicted molar refractivity (Wildman–Crippen MR) is 130 cm³/mol. The van der Waals surface area contributed by atoms with Gasteiger partial charge in [-0.2, -0.15) is 0 Å². The number of rotatable bonds is 8. The Morgan fingerprint density at radius 2 is 2.09 bits per heavy atom. The third-order valence-corrected chi connectivity index (χ3v) is 7.48. The van der Waals surface area contributed by atoms with E-state index in [2.05, 4.69) is 11.4 Å². The Bertz CT molecular complexity index is 967. The average Bonchev–Trinajstić information content (AvgIpc) is 3.49. The van der Waals surface area contributed by atoms with E-state index in [0.29, 0.717) is 19.7 Å². The highest BCUT2D eigenvalue weighted by Crippen LogP contribution is 2.34. The summed E-state index contributed by atoms with van der Waals surface area (Å²) in [5, 5.41) is 2.09. The van der Waals surface area contributed by atoms with Crippen molar-refractivity contribution < 1.29 is 19.1 Å². The Hall–Kier alpha value is -2.38. The Morgan fingerprint density at radius 3 is 2.82 bits per heavy atom. The Labute approximate surface area is 200 Å². The van der Waals surface area contributed by atoms with Gasteiger partial charge in [-0.25, -0.2) is 0 Å². The van der Waals surface area contributed by atoms with E-state index in [1.54, 1.807) is 16.2 Å². The third-order valence-electron chi connectivity index (χ3n) is 6.49. The first-order chi connectivity index (χ1) is 15.9. The smallest absolute Gasteiger partial charge is 0.242 e. The molecule has 1 fully saturated rings. The summed E-state index contributed by atoms with van der Waals surface area (Å²) < 4.78 is 12.0. The number of hydrogen-bond acceptors (Lipinski definition) is 5. The summed E-state index contributed by atoms with van der Waals surface area (Å²) in [6, 6.07) is 9.88. The van der Waals surface area contributed by atoms with Gasteiger partial charge in [0, 0.05) is 30.5 Å². The molecule has 33 heavy (non-hydrogen) atoms. The van der Waals surface area contributed by atoms with Crippen molar-refractivity contribution in [3.63, 3.8) is 0 Å². The van der Waals surface area contributed by atoms with Crippen molar-refractivity contribution in [3.05, 3.63) is 51.7 Å². The van der Waals surface area contributed by atoms with Crippen molar-refractivity contribution in [2.75, 3.05) is 32.8 Å². The van der Waals surface area contributed by atoms with Crippen molar-refractivity contribution >= 4 is 23.2 Å². The SMILES string of the molecule is Cc1ccccc1OC[C@@H]1c2ccsc2CCN1C(=O)CN(C[C@H]1CCCO1)C(=O)C(C)C. The molecule has 1 aromatic heterocycles. The van der Waals surface area contributed by atoms with Crippen LogP contribution in [-0.4, -0.2) is 60.6 Å². The van der Waals surface area contributed by atoms with Gasteiger partial charge in [0.1, 0.15) is 12.4 Å². The molecule has 2 aromatic rings. The van der Waals surface area contributed by atoms with Gasteiger partial charge in [0.05, 0.1) is 18.7 Å². The van der Waals surface area contributed by atoms with Crippen LogP contribution in [0.5, 0.6) is 5.75 Å². The average molecular weight is 471 g/mol. The zero-order valence-corrected chi connectivity index (χ0v) is 20.6. The molecule has 2 amide bonds. The molecule has 6 nitrogen and oxygen atoms in total. The molecule has 3 heterocycles. The summed E-state index contributed by atoms with van der Waals surface area (Å²) in [6.07, 6.45) is 2.80. The first kappa shape index (κ1) is 23.8. The molecule has 0 radical (unpaired) electrons. The topological polar surface area (TPSA) is 59.1 Å². The minimum atomic E-state index is -0.163. The number of para-hydroxylation sites is 1. The van der Waals surface area contributed by atoms with E-state index in [4.69, 9.17) is 9.47 Å². The van der Waals surface area contributed by atoms with E-state index in [0.717, 1.165) is 42.7 Å². The molecule has 1 saturated heterocycles. The lowest BCUT2D eigenvalue weighted by molar-refractivity contribution is -0.145. The fourth-order valence-electron chi connectivity index (χ4n) is 4.65. The van der Waals surface area contributed by atoms with Crippen LogP contribution in [0.1, 0.15) is 48.7 Å². The largest absolute Gasteiger partial charge is 0.491 e. The van der Waals surface area contributed by atoms with Gasteiger partial charge in [-0.3, -0.25) is 9.59 Å². The van der Waals surface area contributed by atoms with Crippen molar-refractivity contribution in [1.29, 1.82) is 0 Å². The molecule has 4 rings (SSSR count). The van der Waals surface area contributed by atoms with E-state index < -0.39 is 0 Å². The molecule has 0 unspecified atom stereocenters. The minimum Gasteiger partial charge on any atom is -0.491 e. The Morgan fingerprint density at radius 1 is 1.27 bits per heavy atom. The third kappa shape index (κ3) is 5.58. The zero-order valence-electron chi connectivity index (χ0n) is 19.8. The van der Waals surface area contributed by atoms with Crippen molar-refractivity contribution in [2.45, 2.75) is 52.2 Å². The summed E-state index contributed by atoms with van der Waals surface area (Å²) in [5.41, 5.74) is 2.23. The van der Waals surface area contributed by atoms with Crippen LogP contribution in [0.2, 0.25) is 0 Å². The predicted octanol–water partition coefficient (Wildman–Crippen LogP) is 4.22. The highest BCUT2D eigenvalue weighted by molar-refractivity contribution is 7.10. The van der Waals surface area contributed by atoms with Gasteiger partial charge in [-0.05, 0) is 54.8 Å². The summed E-state index contributed by atoms with van der Waals surface area (Å²) in [7, 11) is 0. The van der Waals surface area contributed by atoms with Crippen LogP contribution in [0.3, 0.4) is 0 Å². The van der Waals surface area contributed by atoms with Crippen LogP contribution in [0.4, 0.5) is 0 Å². The Balaban J connectivity index is 1.50. The minimum absolute atomic E-state index is 0.000192. The lowest BCUT2D eigenvalue weighted by Crippen LogP contribution is -2.50. The van der Waals surface area contributed by atoms with E-state index >= 15 is 0 Å². The van der Waals surface area contributed by atoms with Crippen LogP contribution in [0.15, 0.2) is 35.7 Å². The number of benzene rings is 1. The molecule has 0 aliphatic carbocycles. The lowest BCUT2D eigenvalue weighted by Gasteiger charge is -2.37. The van der Waals surface area contributed by atoms with Gasteiger partial charge in [-0.1, -0.05) is 32.0 Å². The molecule has 178 valence electrons. The second kappa shape index (κ2) is 10.7. The molecule has 2 atom stereocenters. The summed E-state index contributed by atoms with van der Waals surface area (Å²) in [4.78, 5) is 31.4. The number of nitrogens with zero attached hydrogens (tertiary/aromatic N) is 2. The van der Waals surface area contributed by atoms with Crippen LogP contribution >= 0.6 is 11.3 Å². The normalized spacial score (nSPS) is 20.1. The van der Waals surface area contributed by atoms with E-state index in [-0.39, 0.29) is 36.4 Å². The molecular formula is C26H34N2O4S. The van der Waals surface area contributed by atoms with Gasteiger partial charge >= 0.3 is 0 Å². The molecule has 0 N–H and O–H groups in total. The maximum atomic E-state index is 13.6. The second-order valence-corrected chi connectivity index (χ2v) is 10.2. The van der Waals surface area contributed by atoms with Crippen molar-refractivity contribution in [2.24, 2.45) is 5.92 Å². The first-order valence-corrected chi connectivity index (χ1v) is 12.8. The monoisotopic (exact) mass is 470 g/mol. The number of carbonyl (C=O) groups excluding carboxylic acids is 2. The highest BCUT2D eigenvalue weighted by Gasteiger charge is 2.34. The van der Waals surface area contributed by atoms with Crippen molar-refractivity contribution in [3.8, 4) is 5.75 Å². The van der Waals surface area contributed by atoms with Gasteiger partial charge in [0.15, 0.2) is 0 Å². The number of thiophene rings is 1. The Kier molecular flexibility index (Phi) is 7.71. The summed E-state index contributed by atoms with van der Waals surface area (Å²) >= 11 is 1.74. The van der Waals surface area contributed by atoms with E-state index in [9.17, 15) is 9.59 Å². The molecule has 2 aliphatic heterocycles. The molecule has 0 spiro atoms. The van der Waals surface area contributed by atoms with Gasteiger partial charge in [-0.15, -0.1) is 11.3 Å². The molecule has 7 heteroatoms. The second-order valence-electron chi connectivity index (χ2n) is 9.24. The number of fused-ring (bicyclic) bond motifs is 1. The van der Waals surface area contributed by atoms with Gasteiger partial charge in [0.25, 0.3) is 0 Å². The first-order valence-electron chi connectivity index (χ1n) is 11.9. The fraction of sp³-hybridized carbons (Fsp3) is 0.538. The number of carbonyl (C=O) groups is 2. The fourth-order valence-corrected chi connectivity index (χ4v) is 5.58. The molecule has 1 aromatic carbocycles. The van der Waals surface area contributed by atoms with Crippen molar-refractivity contribution in [1.82, 2.24) is 9.80 Å². The van der Waals surface area contributed by atoms with Crippen LogP contribution in [0.25, 0.3) is 0 Å². The maximum absolute atomic E-state index is 13.6. The number of amides is 2. The number of hydrogen-bond donors (Lipinski definition) is 0. The molecule has 2 aliphatic rings. The van der Waals surface area contributed by atoms with Gasteiger partial charge in [0.2, 0.25) is 11.8 Å². The molecule has 0 bridgehead atoms. The quantitative estimate of drug-likeness (QED) is 0.580. The summed E-state index contributed by atoms with van der Waals surface area (Å²) in [5.74, 6) is 0.642. The number of ether oxygens (including phenoxy) is 2. The standard InChI is InChI=1S/C26H34N2O4S/c1-18(2)26(30)27(15-20-8-6-13-31-20)16-25(29)28-12-10-24-21(11-14-33-24)22(28)17-32-23-9-5-4-7-19(23)3/h4-5,7,9,11,14,18,20,22H,6,8,10,12-13,15-17H2,1-3H3/t20-,22-/m1/s1. The van der Waals surface area contributed by atoms with Crippen LogP contribution < -0.4 is 4.74 Å². The lowest BCUT2D eigenvalue weighted by atomic mass is 10.00. The summed E-state index contributed by atoms with van der Waals surface area (Å²) in [6.45, 7) is 8.10. The van der Waals surface area contributed by atoms with Crippen LogP contribution in [0, 0.1) is 12.8 Å². The van der Waals surface area contributed by atoms with Crippen LogP contribution in [-0.2, 0) is 20.7 Å². The van der Waals surface area contributed by atoms with E-state index in [1.165, 1.54) is 4.88 Å².